The highest BCUT2D eigenvalue weighted by Crippen LogP contribution is 2.31. The molecular formula is C17H26BrN. The van der Waals surface area contributed by atoms with Gasteiger partial charge in [-0.25, -0.2) is 0 Å². The first-order valence-corrected chi connectivity index (χ1v) is 8.37. The van der Waals surface area contributed by atoms with Crippen LogP contribution in [0.1, 0.15) is 58.1 Å². The smallest absolute Gasteiger partial charge is 0.0305 e. The summed E-state index contributed by atoms with van der Waals surface area (Å²) in [4.78, 5) is 0. The molecule has 2 rings (SSSR count). The quantitative estimate of drug-likeness (QED) is 0.791. The molecule has 1 nitrogen and oxygen atoms in total. The molecule has 0 amide bonds. The van der Waals surface area contributed by atoms with Gasteiger partial charge in [0.05, 0.1) is 0 Å². The molecule has 0 spiro atoms. The minimum Gasteiger partial charge on any atom is -0.307 e. The zero-order chi connectivity index (χ0) is 13.8. The summed E-state index contributed by atoms with van der Waals surface area (Å²) in [5.74, 6) is 1.79. The van der Waals surface area contributed by atoms with Crippen molar-refractivity contribution in [2.45, 2.75) is 58.5 Å². The Morgan fingerprint density at radius 2 is 1.68 bits per heavy atom. The zero-order valence-electron chi connectivity index (χ0n) is 12.3. The molecule has 1 saturated carbocycles. The second-order valence-electron chi connectivity index (χ2n) is 6.27. The third-order valence-electron chi connectivity index (χ3n) is 4.57. The van der Waals surface area contributed by atoms with Crippen LogP contribution < -0.4 is 5.32 Å². The minimum absolute atomic E-state index is 0.427. The van der Waals surface area contributed by atoms with Crippen molar-refractivity contribution in [1.82, 2.24) is 5.32 Å². The second-order valence-corrected chi connectivity index (χ2v) is 7.12. The van der Waals surface area contributed by atoms with Crippen molar-refractivity contribution in [2.24, 2.45) is 11.8 Å². The lowest BCUT2D eigenvalue weighted by Crippen LogP contribution is -2.35. The molecule has 2 heteroatoms. The van der Waals surface area contributed by atoms with E-state index >= 15 is 0 Å². The topological polar surface area (TPSA) is 12.0 Å². The Morgan fingerprint density at radius 3 is 2.26 bits per heavy atom. The molecule has 1 aromatic rings. The predicted molar refractivity (Wildman–Crippen MR) is 86.3 cm³/mol. The van der Waals surface area contributed by atoms with Gasteiger partial charge in [-0.3, -0.25) is 0 Å². The van der Waals surface area contributed by atoms with Crippen LogP contribution in [0, 0.1) is 11.8 Å². The van der Waals surface area contributed by atoms with Crippen LogP contribution in [0.15, 0.2) is 28.7 Å². The number of rotatable bonds is 4. The standard InChI is InChI=1S/C17H26BrN/c1-12(2)14-8-10-15(11-9-14)19-13(3)16-6-4-5-7-17(16)18/h4-7,12-15,19H,8-11H2,1-3H3/t13-,14?,15?/m1/s1. The summed E-state index contributed by atoms with van der Waals surface area (Å²) in [6.07, 6.45) is 5.44. The lowest BCUT2D eigenvalue weighted by atomic mass is 9.79. The van der Waals surface area contributed by atoms with Gasteiger partial charge in [-0.1, -0.05) is 48.0 Å². The van der Waals surface area contributed by atoms with Crippen molar-refractivity contribution in [1.29, 1.82) is 0 Å². The molecule has 1 atom stereocenters. The molecule has 19 heavy (non-hydrogen) atoms. The Labute approximate surface area is 126 Å². The van der Waals surface area contributed by atoms with E-state index in [1.165, 1.54) is 35.7 Å². The average Bonchev–Trinajstić information content (AvgIpc) is 2.39. The van der Waals surface area contributed by atoms with Crippen LogP contribution in [0.3, 0.4) is 0 Å². The van der Waals surface area contributed by atoms with E-state index < -0.39 is 0 Å². The molecule has 0 saturated heterocycles. The number of hydrogen-bond donors (Lipinski definition) is 1. The summed E-state index contributed by atoms with van der Waals surface area (Å²) < 4.78 is 1.21. The molecule has 0 radical (unpaired) electrons. The van der Waals surface area contributed by atoms with E-state index in [-0.39, 0.29) is 0 Å². The number of halogens is 1. The van der Waals surface area contributed by atoms with Gasteiger partial charge in [0, 0.05) is 16.6 Å². The maximum atomic E-state index is 3.81. The number of nitrogens with one attached hydrogen (secondary N) is 1. The summed E-state index contributed by atoms with van der Waals surface area (Å²) >= 11 is 3.65. The summed E-state index contributed by atoms with van der Waals surface area (Å²) in [5.41, 5.74) is 1.37. The summed E-state index contributed by atoms with van der Waals surface area (Å²) in [7, 11) is 0. The fourth-order valence-electron chi connectivity index (χ4n) is 3.22. The van der Waals surface area contributed by atoms with Crippen LogP contribution in [0.2, 0.25) is 0 Å². The maximum Gasteiger partial charge on any atom is 0.0305 e. The van der Waals surface area contributed by atoms with E-state index in [0.717, 1.165) is 11.8 Å². The van der Waals surface area contributed by atoms with Gasteiger partial charge < -0.3 is 5.32 Å². The Hall–Kier alpha value is -0.340. The van der Waals surface area contributed by atoms with E-state index in [2.05, 4.69) is 66.3 Å². The number of hydrogen-bond acceptors (Lipinski definition) is 1. The van der Waals surface area contributed by atoms with Gasteiger partial charge in [-0.05, 0) is 56.1 Å². The third kappa shape index (κ3) is 4.06. The van der Waals surface area contributed by atoms with Crippen molar-refractivity contribution < 1.29 is 0 Å². The predicted octanol–water partition coefficient (Wildman–Crippen LogP) is 5.31. The normalized spacial score (nSPS) is 25.5. The Bertz CT molecular complexity index is 394. The largest absolute Gasteiger partial charge is 0.307 e. The molecule has 0 bridgehead atoms. The van der Waals surface area contributed by atoms with E-state index in [4.69, 9.17) is 0 Å². The molecule has 0 aliphatic heterocycles. The van der Waals surface area contributed by atoms with Gasteiger partial charge in [-0.2, -0.15) is 0 Å². The van der Waals surface area contributed by atoms with Crippen LogP contribution in [0.5, 0.6) is 0 Å². The molecule has 106 valence electrons. The lowest BCUT2D eigenvalue weighted by Gasteiger charge is -2.33. The molecule has 1 fully saturated rings. The van der Waals surface area contributed by atoms with Gasteiger partial charge in [0.1, 0.15) is 0 Å². The minimum atomic E-state index is 0.427. The molecule has 1 aromatic carbocycles. The highest BCUT2D eigenvalue weighted by atomic mass is 79.9. The molecule has 1 N–H and O–H groups in total. The first kappa shape index (κ1) is 15.1. The monoisotopic (exact) mass is 323 g/mol. The Morgan fingerprint density at radius 1 is 1.05 bits per heavy atom. The highest BCUT2D eigenvalue weighted by Gasteiger charge is 2.24. The van der Waals surface area contributed by atoms with Gasteiger partial charge >= 0.3 is 0 Å². The lowest BCUT2D eigenvalue weighted by molar-refractivity contribution is 0.231. The first-order valence-electron chi connectivity index (χ1n) is 7.58. The average molecular weight is 324 g/mol. The van der Waals surface area contributed by atoms with Crippen molar-refractivity contribution in [3.8, 4) is 0 Å². The van der Waals surface area contributed by atoms with Crippen molar-refractivity contribution in [2.75, 3.05) is 0 Å². The number of benzene rings is 1. The van der Waals surface area contributed by atoms with Crippen molar-refractivity contribution >= 4 is 15.9 Å². The maximum absolute atomic E-state index is 3.81. The molecular weight excluding hydrogens is 298 g/mol. The van der Waals surface area contributed by atoms with Gasteiger partial charge in [0.25, 0.3) is 0 Å². The highest BCUT2D eigenvalue weighted by molar-refractivity contribution is 9.10. The molecule has 0 heterocycles. The van der Waals surface area contributed by atoms with Crippen LogP contribution >= 0.6 is 15.9 Å². The SMILES string of the molecule is CC(C)C1CCC(N[C@H](C)c2ccccc2Br)CC1. The molecule has 0 unspecified atom stereocenters. The van der Waals surface area contributed by atoms with Crippen molar-refractivity contribution in [3.05, 3.63) is 34.3 Å². The van der Waals surface area contributed by atoms with E-state index in [1.807, 2.05) is 0 Å². The Balaban J connectivity index is 1.87. The van der Waals surface area contributed by atoms with Gasteiger partial charge in [0.2, 0.25) is 0 Å². The first-order chi connectivity index (χ1) is 9.08. The molecule has 1 aliphatic rings. The second kappa shape index (κ2) is 6.90. The third-order valence-corrected chi connectivity index (χ3v) is 5.29. The van der Waals surface area contributed by atoms with Crippen molar-refractivity contribution in [3.63, 3.8) is 0 Å². The molecule has 0 aromatic heterocycles. The summed E-state index contributed by atoms with van der Waals surface area (Å²) in [6.45, 7) is 7.00. The zero-order valence-corrected chi connectivity index (χ0v) is 13.9. The van der Waals surface area contributed by atoms with E-state index in [9.17, 15) is 0 Å². The Kier molecular flexibility index (Phi) is 5.47. The fourth-order valence-corrected chi connectivity index (χ4v) is 3.85. The van der Waals surface area contributed by atoms with E-state index in [1.54, 1.807) is 0 Å². The van der Waals surface area contributed by atoms with Crippen LogP contribution in [-0.4, -0.2) is 6.04 Å². The van der Waals surface area contributed by atoms with Gasteiger partial charge in [-0.15, -0.1) is 0 Å². The fraction of sp³-hybridized carbons (Fsp3) is 0.647. The van der Waals surface area contributed by atoms with Crippen LogP contribution in [-0.2, 0) is 0 Å². The summed E-state index contributed by atoms with van der Waals surface area (Å²) in [6, 6.07) is 9.65. The van der Waals surface area contributed by atoms with Crippen LogP contribution in [0.4, 0.5) is 0 Å². The van der Waals surface area contributed by atoms with E-state index in [0.29, 0.717) is 12.1 Å². The van der Waals surface area contributed by atoms with Gasteiger partial charge in [0.15, 0.2) is 0 Å². The summed E-state index contributed by atoms with van der Waals surface area (Å²) in [5, 5.41) is 3.81. The molecule has 1 aliphatic carbocycles. The van der Waals surface area contributed by atoms with Crippen LogP contribution in [0.25, 0.3) is 0 Å².